The van der Waals surface area contributed by atoms with Gasteiger partial charge in [-0.2, -0.15) is 0 Å². The summed E-state index contributed by atoms with van der Waals surface area (Å²) in [7, 11) is 0. The average molecular weight is 219 g/mol. The molecule has 0 amide bonds. The van der Waals surface area contributed by atoms with Crippen molar-refractivity contribution in [1.29, 1.82) is 0 Å². The topological polar surface area (TPSA) is 81.2 Å². The van der Waals surface area contributed by atoms with Crippen molar-refractivity contribution < 1.29 is 4.92 Å². The van der Waals surface area contributed by atoms with Crippen molar-refractivity contribution in [3.8, 4) is 0 Å². The molecule has 1 aliphatic rings. The molecule has 1 aromatic carbocycles. The van der Waals surface area contributed by atoms with Crippen LogP contribution < -0.4 is 11.1 Å². The van der Waals surface area contributed by atoms with Gasteiger partial charge < -0.3 is 11.1 Å². The summed E-state index contributed by atoms with van der Waals surface area (Å²) in [5.74, 6) is 0. The van der Waals surface area contributed by atoms with Crippen molar-refractivity contribution in [2.45, 2.75) is 12.8 Å². The second-order valence-electron chi connectivity index (χ2n) is 3.76. The number of nitrogen functional groups attached to an aromatic ring is 1. The zero-order valence-electron chi connectivity index (χ0n) is 8.77. The van der Waals surface area contributed by atoms with Crippen molar-refractivity contribution >= 4 is 16.9 Å². The lowest BCUT2D eigenvalue weighted by molar-refractivity contribution is -0.383. The van der Waals surface area contributed by atoms with Crippen molar-refractivity contribution in [3.05, 3.63) is 40.1 Å². The Balaban J connectivity index is 2.33. The van der Waals surface area contributed by atoms with Gasteiger partial charge in [-0.1, -0.05) is 0 Å². The highest BCUT2D eigenvalue weighted by Gasteiger charge is 2.13. The first-order valence-corrected chi connectivity index (χ1v) is 5.15. The monoisotopic (exact) mass is 219 g/mol. The van der Waals surface area contributed by atoms with Crippen LogP contribution >= 0.6 is 0 Å². The Hall–Kier alpha value is -2.04. The second-order valence-corrected chi connectivity index (χ2v) is 3.76. The Morgan fingerprint density at radius 1 is 1.44 bits per heavy atom. The minimum Gasteiger partial charge on any atom is -0.393 e. The molecule has 1 heterocycles. The molecule has 0 radical (unpaired) electrons. The summed E-state index contributed by atoms with van der Waals surface area (Å²) in [5, 5.41) is 13.8. The molecule has 0 aliphatic carbocycles. The van der Waals surface area contributed by atoms with Crippen molar-refractivity contribution in [1.82, 2.24) is 5.32 Å². The van der Waals surface area contributed by atoms with E-state index in [9.17, 15) is 10.1 Å². The molecule has 2 rings (SSSR count). The van der Waals surface area contributed by atoms with Crippen LogP contribution in [0.25, 0.3) is 5.57 Å². The molecule has 0 spiro atoms. The molecule has 3 N–H and O–H groups in total. The minimum atomic E-state index is -0.466. The van der Waals surface area contributed by atoms with Gasteiger partial charge in [0.05, 0.1) is 4.92 Å². The number of hydrogen-bond acceptors (Lipinski definition) is 4. The third-order valence-corrected chi connectivity index (χ3v) is 2.64. The van der Waals surface area contributed by atoms with Gasteiger partial charge in [0.2, 0.25) is 0 Å². The number of nitro groups is 1. The summed E-state index contributed by atoms with van der Waals surface area (Å²) in [6.07, 6.45) is 4.00. The molecule has 1 aromatic rings. The van der Waals surface area contributed by atoms with Crippen LogP contribution in [0.1, 0.15) is 18.4 Å². The van der Waals surface area contributed by atoms with Crippen molar-refractivity contribution in [2.75, 3.05) is 12.3 Å². The van der Waals surface area contributed by atoms with Crippen LogP contribution in [0.15, 0.2) is 24.4 Å². The van der Waals surface area contributed by atoms with Crippen molar-refractivity contribution in [2.24, 2.45) is 0 Å². The van der Waals surface area contributed by atoms with Crippen LogP contribution in [0.5, 0.6) is 0 Å². The quantitative estimate of drug-likeness (QED) is 0.452. The average Bonchev–Trinajstić information content (AvgIpc) is 2.29. The number of nitrogens with two attached hydrogens (primary N) is 1. The van der Waals surface area contributed by atoms with Gasteiger partial charge in [-0.05, 0) is 36.1 Å². The number of benzene rings is 1. The molecule has 0 atom stereocenters. The van der Waals surface area contributed by atoms with E-state index in [1.54, 1.807) is 12.1 Å². The number of allylic oxidation sites excluding steroid dienone is 1. The Kier molecular flexibility index (Phi) is 2.76. The fourth-order valence-corrected chi connectivity index (χ4v) is 1.80. The molecule has 84 valence electrons. The van der Waals surface area contributed by atoms with Gasteiger partial charge in [-0.25, -0.2) is 0 Å². The smallest absolute Gasteiger partial charge is 0.292 e. The first-order valence-electron chi connectivity index (χ1n) is 5.15. The third-order valence-electron chi connectivity index (χ3n) is 2.64. The second kappa shape index (κ2) is 4.22. The summed E-state index contributed by atoms with van der Waals surface area (Å²) >= 11 is 0. The first-order chi connectivity index (χ1) is 7.68. The molecular weight excluding hydrogens is 206 g/mol. The number of nitro benzene ring substituents is 1. The van der Waals surface area contributed by atoms with E-state index >= 15 is 0 Å². The van der Waals surface area contributed by atoms with E-state index in [1.807, 2.05) is 6.20 Å². The highest BCUT2D eigenvalue weighted by molar-refractivity contribution is 5.72. The molecular formula is C11H13N3O2. The summed E-state index contributed by atoms with van der Waals surface area (Å²) < 4.78 is 0. The Bertz CT molecular complexity index is 455. The first kappa shape index (κ1) is 10.5. The lowest BCUT2D eigenvalue weighted by atomic mass is 9.99. The molecule has 0 saturated carbocycles. The van der Waals surface area contributed by atoms with Crippen LogP contribution in [0.2, 0.25) is 0 Å². The molecule has 0 unspecified atom stereocenters. The number of anilines is 1. The molecule has 0 saturated heterocycles. The maximum Gasteiger partial charge on any atom is 0.292 e. The Morgan fingerprint density at radius 3 is 2.81 bits per heavy atom. The summed E-state index contributed by atoms with van der Waals surface area (Å²) in [6.45, 7) is 0.978. The molecule has 0 bridgehead atoms. The molecule has 5 heteroatoms. The fraction of sp³-hybridized carbons (Fsp3) is 0.273. The van der Waals surface area contributed by atoms with E-state index in [-0.39, 0.29) is 11.4 Å². The Morgan fingerprint density at radius 2 is 2.25 bits per heavy atom. The number of nitrogens with one attached hydrogen (secondary N) is 1. The van der Waals surface area contributed by atoms with Gasteiger partial charge in [-0.3, -0.25) is 10.1 Å². The van der Waals surface area contributed by atoms with Crippen molar-refractivity contribution in [3.63, 3.8) is 0 Å². The van der Waals surface area contributed by atoms with E-state index in [2.05, 4.69) is 5.32 Å². The maximum absolute atomic E-state index is 10.6. The van der Waals surface area contributed by atoms with Gasteiger partial charge in [0, 0.05) is 18.8 Å². The predicted molar refractivity (Wildman–Crippen MR) is 62.7 cm³/mol. The van der Waals surface area contributed by atoms with Crippen LogP contribution in [-0.4, -0.2) is 11.5 Å². The van der Waals surface area contributed by atoms with E-state index in [0.717, 1.165) is 30.5 Å². The number of nitrogens with zero attached hydrogens (tertiary/aromatic N) is 1. The van der Waals surface area contributed by atoms with Crippen LogP contribution in [0, 0.1) is 10.1 Å². The van der Waals surface area contributed by atoms with E-state index in [4.69, 9.17) is 5.73 Å². The van der Waals surface area contributed by atoms with E-state index in [0.29, 0.717) is 0 Å². The summed E-state index contributed by atoms with van der Waals surface area (Å²) in [5.41, 5.74) is 7.92. The van der Waals surface area contributed by atoms with Crippen LogP contribution in [0.4, 0.5) is 11.4 Å². The SMILES string of the molecule is Nc1cc(C2=CNCCC2)ccc1[N+](=O)[O-]. The molecule has 5 nitrogen and oxygen atoms in total. The largest absolute Gasteiger partial charge is 0.393 e. The van der Waals surface area contributed by atoms with Crippen LogP contribution in [-0.2, 0) is 0 Å². The molecule has 0 fully saturated rings. The van der Waals surface area contributed by atoms with Gasteiger partial charge in [0.1, 0.15) is 5.69 Å². The highest BCUT2D eigenvalue weighted by Crippen LogP contribution is 2.28. The summed E-state index contributed by atoms with van der Waals surface area (Å²) in [6, 6.07) is 4.87. The van der Waals surface area contributed by atoms with Gasteiger partial charge in [0.25, 0.3) is 5.69 Å². The van der Waals surface area contributed by atoms with Gasteiger partial charge in [0.15, 0.2) is 0 Å². The number of hydrogen-bond donors (Lipinski definition) is 2. The van der Waals surface area contributed by atoms with Gasteiger partial charge >= 0.3 is 0 Å². The minimum absolute atomic E-state index is 0.0341. The van der Waals surface area contributed by atoms with E-state index in [1.165, 1.54) is 6.07 Å². The highest BCUT2D eigenvalue weighted by atomic mass is 16.6. The number of rotatable bonds is 2. The Labute approximate surface area is 93.1 Å². The zero-order valence-corrected chi connectivity index (χ0v) is 8.77. The van der Waals surface area contributed by atoms with Gasteiger partial charge in [-0.15, -0.1) is 0 Å². The molecule has 0 aromatic heterocycles. The lowest BCUT2D eigenvalue weighted by Crippen LogP contribution is -2.13. The normalized spacial score (nSPS) is 15.1. The zero-order chi connectivity index (χ0) is 11.5. The van der Waals surface area contributed by atoms with Crippen LogP contribution in [0.3, 0.4) is 0 Å². The fourth-order valence-electron chi connectivity index (χ4n) is 1.80. The standard InChI is InChI=1S/C11H13N3O2/c12-10-6-8(3-4-11(10)14(15)16)9-2-1-5-13-7-9/h3-4,6-7,13H,1-2,5,12H2. The third kappa shape index (κ3) is 1.98. The van der Waals surface area contributed by atoms with E-state index < -0.39 is 4.92 Å². The summed E-state index contributed by atoms with van der Waals surface area (Å²) in [4.78, 5) is 10.1. The molecule has 16 heavy (non-hydrogen) atoms. The predicted octanol–water partition coefficient (Wildman–Crippen LogP) is 1.90. The lowest BCUT2D eigenvalue weighted by Gasteiger charge is -2.14. The maximum atomic E-state index is 10.6. The molecule has 1 aliphatic heterocycles.